The molecule has 0 saturated heterocycles. The predicted octanol–water partition coefficient (Wildman–Crippen LogP) is 12.1. The number of hydrogen-bond donors (Lipinski definition) is 0. The van der Waals surface area contributed by atoms with Crippen LogP contribution in [0, 0.1) is 0 Å². The molecule has 0 atom stereocenters. The molecule has 0 bridgehead atoms. The van der Waals surface area contributed by atoms with E-state index in [1.54, 1.807) is 11.3 Å². The van der Waals surface area contributed by atoms with E-state index in [1.165, 1.54) is 15.5 Å². The Bertz CT molecular complexity index is 3140. The number of allylic oxidation sites excluding steroid dienone is 4. The fraction of sp³-hybridized carbons (Fsp3) is 0.0426. The van der Waals surface area contributed by atoms with Crippen LogP contribution in [0.2, 0.25) is 0 Å². The molecule has 0 spiro atoms. The third-order valence-corrected chi connectivity index (χ3v) is 11.2. The van der Waals surface area contributed by atoms with Crippen LogP contribution in [0.5, 0.6) is 0 Å². The van der Waals surface area contributed by atoms with E-state index in [0.717, 1.165) is 73.4 Å². The van der Waals surface area contributed by atoms with Gasteiger partial charge in [0.15, 0.2) is 28.2 Å². The van der Waals surface area contributed by atoms with Gasteiger partial charge >= 0.3 is 0 Å². The zero-order valence-electron chi connectivity index (χ0n) is 29.4. The summed E-state index contributed by atoms with van der Waals surface area (Å²) in [6, 6.07) is 47.9. The van der Waals surface area contributed by atoms with Gasteiger partial charge in [-0.2, -0.15) is 0 Å². The van der Waals surface area contributed by atoms with Crippen LogP contribution in [0.15, 0.2) is 162 Å². The van der Waals surface area contributed by atoms with Crippen molar-refractivity contribution in [1.82, 2.24) is 29.5 Å². The lowest BCUT2D eigenvalue weighted by Crippen LogP contribution is -2.03. The van der Waals surface area contributed by atoms with E-state index < -0.39 is 0 Å². The van der Waals surface area contributed by atoms with Crippen molar-refractivity contribution in [2.75, 3.05) is 0 Å². The maximum absolute atomic E-state index is 6.46. The number of oxazole rings is 1. The van der Waals surface area contributed by atoms with Gasteiger partial charge in [-0.15, -0.1) is 0 Å². The quantitative estimate of drug-likeness (QED) is 0.170. The van der Waals surface area contributed by atoms with Crippen molar-refractivity contribution in [3.63, 3.8) is 0 Å². The van der Waals surface area contributed by atoms with E-state index in [-0.39, 0.29) is 0 Å². The largest absolute Gasteiger partial charge is 0.436 e. The first-order chi connectivity index (χ1) is 27.2. The van der Waals surface area contributed by atoms with E-state index in [2.05, 4.69) is 102 Å². The van der Waals surface area contributed by atoms with Crippen molar-refractivity contribution in [2.45, 2.75) is 12.8 Å². The van der Waals surface area contributed by atoms with Crippen LogP contribution < -0.4 is 0 Å². The molecule has 4 aromatic heterocycles. The van der Waals surface area contributed by atoms with Gasteiger partial charge in [-0.1, -0.05) is 108 Å². The number of hydrogen-bond acceptors (Lipinski definition) is 7. The maximum Gasteiger partial charge on any atom is 0.227 e. The molecule has 10 aromatic rings. The maximum atomic E-state index is 6.46. The molecule has 6 aromatic carbocycles. The second-order valence-electron chi connectivity index (χ2n) is 13.6. The highest BCUT2D eigenvalue weighted by atomic mass is 32.1. The molecule has 4 heterocycles. The normalized spacial score (nSPS) is 13.0. The summed E-state index contributed by atoms with van der Waals surface area (Å²) in [5.74, 6) is 2.44. The number of nitrogens with zero attached hydrogens (tertiary/aromatic N) is 6. The summed E-state index contributed by atoms with van der Waals surface area (Å²) in [4.78, 5) is 24.6. The highest BCUT2D eigenvalue weighted by molar-refractivity contribution is 7.20. The van der Waals surface area contributed by atoms with E-state index in [4.69, 9.17) is 29.3 Å². The zero-order chi connectivity index (χ0) is 36.3. The number of rotatable bonds is 6. The molecule has 0 radical (unpaired) electrons. The Morgan fingerprint density at radius 1 is 0.509 bits per heavy atom. The third kappa shape index (κ3) is 5.54. The first-order valence-electron chi connectivity index (χ1n) is 18.3. The predicted molar refractivity (Wildman–Crippen MR) is 223 cm³/mol. The first kappa shape index (κ1) is 31.5. The van der Waals surface area contributed by atoms with Crippen molar-refractivity contribution in [3.05, 3.63) is 164 Å². The Morgan fingerprint density at radius 3 is 2.15 bits per heavy atom. The van der Waals surface area contributed by atoms with E-state index in [9.17, 15) is 0 Å². The lowest BCUT2D eigenvalue weighted by molar-refractivity contribution is 0.620. The van der Waals surface area contributed by atoms with Gasteiger partial charge in [0.05, 0.1) is 21.3 Å². The summed E-state index contributed by atoms with van der Waals surface area (Å²) < 4.78 is 9.92. The highest BCUT2D eigenvalue weighted by Crippen LogP contribution is 2.38. The smallest absolute Gasteiger partial charge is 0.227 e. The summed E-state index contributed by atoms with van der Waals surface area (Å²) in [6.45, 7) is 0. The molecule has 1 aliphatic carbocycles. The van der Waals surface area contributed by atoms with Gasteiger partial charge in [0, 0.05) is 33.0 Å². The molecule has 0 N–H and O–H groups in total. The number of benzene rings is 6. The minimum absolute atomic E-state index is 0.557. The summed E-state index contributed by atoms with van der Waals surface area (Å²) in [6.07, 6.45) is 8.44. The minimum Gasteiger partial charge on any atom is -0.436 e. The molecule has 0 amide bonds. The van der Waals surface area contributed by atoms with E-state index in [0.29, 0.717) is 28.9 Å². The molecular weight excluding hydrogens is 697 g/mol. The van der Waals surface area contributed by atoms with Crippen LogP contribution in [0.25, 0.3) is 99.2 Å². The Morgan fingerprint density at radius 2 is 1.25 bits per heavy atom. The van der Waals surface area contributed by atoms with Crippen LogP contribution in [-0.4, -0.2) is 29.5 Å². The van der Waals surface area contributed by atoms with Gasteiger partial charge in [-0.3, -0.25) is 4.57 Å². The van der Waals surface area contributed by atoms with Crippen molar-refractivity contribution in [2.24, 2.45) is 0 Å². The Labute approximate surface area is 319 Å². The molecule has 0 aliphatic heterocycles. The molecule has 11 rings (SSSR count). The Balaban J connectivity index is 0.962. The molecule has 0 saturated carbocycles. The highest BCUT2D eigenvalue weighted by Gasteiger charge is 2.18. The molecular formula is C47H30N6OS. The summed E-state index contributed by atoms with van der Waals surface area (Å²) >= 11 is 1.71. The van der Waals surface area contributed by atoms with Gasteiger partial charge in [-0.25, -0.2) is 24.9 Å². The van der Waals surface area contributed by atoms with Gasteiger partial charge in [0.25, 0.3) is 0 Å². The van der Waals surface area contributed by atoms with E-state index in [1.807, 2.05) is 60.7 Å². The summed E-state index contributed by atoms with van der Waals surface area (Å²) in [5, 5.41) is 3.34. The first-order valence-corrected chi connectivity index (χ1v) is 19.1. The SMILES string of the molecule is C1=CC(c2nc(-c3ccccc3)nc(-c3ccc4nc(-c5cccc(-c6ccc7c(c6)c6ccccc6n7-c6nc7ccccc7s6)c5)oc4c3)n2)=CCC1. The number of para-hydroxylation sites is 2. The number of thiazole rings is 1. The summed E-state index contributed by atoms with van der Waals surface area (Å²) in [7, 11) is 0. The third-order valence-electron chi connectivity index (χ3n) is 10.2. The van der Waals surface area contributed by atoms with Crippen molar-refractivity contribution in [1.29, 1.82) is 0 Å². The average Bonchev–Trinajstić information content (AvgIpc) is 3.97. The van der Waals surface area contributed by atoms with Crippen LogP contribution >= 0.6 is 11.3 Å². The molecule has 55 heavy (non-hydrogen) atoms. The van der Waals surface area contributed by atoms with Gasteiger partial charge in [0.2, 0.25) is 5.89 Å². The number of fused-ring (bicyclic) bond motifs is 5. The van der Waals surface area contributed by atoms with Gasteiger partial charge in [0.1, 0.15) is 5.52 Å². The molecule has 260 valence electrons. The lowest BCUT2D eigenvalue weighted by Gasteiger charge is -2.10. The fourth-order valence-corrected chi connectivity index (χ4v) is 8.46. The van der Waals surface area contributed by atoms with Crippen molar-refractivity contribution >= 4 is 60.0 Å². The lowest BCUT2D eigenvalue weighted by atomic mass is 10.0. The van der Waals surface area contributed by atoms with Crippen molar-refractivity contribution < 1.29 is 4.42 Å². The van der Waals surface area contributed by atoms with Crippen molar-refractivity contribution in [3.8, 4) is 50.5 Å². The molecule has 1 aliphatic rings. The molecule has 0 unspecified atom stereocenters. The second-order valence-corrected chi connectivity index (χ2v) is 14.7. The van der Waals surface area contributed by atoms with Crippen LogP contribution in [0.1, 0.15) is 18.7 Å². The van der Waals surface area contributed by atoms with Gasteiger partial charge < -0.3 is 4.42 Å². The monoisotopic (exact) mass is 726 g/mol. The zero-order valence-corrected chi connectivity index (χ0v) is 30.2. The molecule has 0 fully saturated rings. The standard InChI is InChI=1S/C47H30N6OS/c1-3-12-29(13-4-1)43-50-44(30-14-5-2-6-15-30)52-45(51-43)33-22-24-37-41(28-33)54-46(48-37)34-17-11-16-31(26-34)32-23-25-40-36(27-32)35-18-7-9-20-39(35)53(40)47-49-38-19-8-10-21-42(38)55-47/h1,3-5,7-28H,2,6H2. The molecule has 7 nitrogen and oxygen atoms in total. The minimum atomic E-state index is 0.557. The summed E-state index contributed by atoms with van der Waals surface area (Å²) in [5.41, 5.74) is 10.6. The van der Waals surface area contributed by atoms with E-state index >= 15 is 0 Å². The van der Waals surface area contributed by atoms with Crippen LogP contribution in [0.3, 0.4) is 0 Å². The Kier molecular flexibility index (Phi) is 7.34. The molecule has 8 heteroatoms. The average molecular weight is 727 g/mol. The topological polar surface area (TPSA) is 82.5 Å². The Hall–Kier alpha value is -7.03. The van der Waals surface area contributed by atoms with Crippen LogP contribution in [-0.2, 0) is 0 Å². The second kappa shape index (κ2) is 12.8. The number of aromatic nitrogens is 6. The van der Waals surface area contributed by atoms with Gasteiger partial charge in [-0.05, 0) is 84.6 Å². The fourth-order valence-electron chi connectivity index (χ4n) is 7.46. The van der Waals surface area contributed by atoms with Crippen LogP contribution in [0.4, 0.5) is 0 Å².